The largest absolute Gasteiger partial charge is 0.338 e. The van der Waals surface area contributed by atoms with E-state index in [4.69, 9.17) is 0 Å². The van der Waals surface area contributed by atoms with Crippen LogP contribution in [0.1, 0.15) is 6.92 Å². The van der Waals surface area contributed by atoms with Gasteiger partial charge in [0.15, 0.2) is 0 Å². The molecule has 6 nitrogen and oxygen atoms in total. The number of rotatable bonds is 1. The van der Waals surface area contributed by atoms with Crippen molar-refractivity contribution in [3.8, 4) is 0 Å². The molecule has 0 saturated carbocycles. The summed E-state index contributed by atoms with van der Waals surface area (Å²) in [4.78, 5) is 27.7. The second-order valence-corrected chi connectivity index (χ2v) is 5.56. The van der Waals surface area contributed by atoms with E-state index < -0.39 is 0 Å². The highest BCUT2D eigenvalue weighted by molar-refractivity contribution is 5.81. The fourth-order valence-electron chi connectivity index (χ4n) is 3.18. The Morgan fingerprint density at radius 1 is 1.28 bits per heavy atom. The molecule has 0 aromatic rings. The Bertz CT molecular complexity index is 373. The third kappa shape index (κ3) is 1.84. The molecule has 3 atom stereocenters. The average Bonchev–Trinajstić information content (AvgIpc) is 2.95. The van der Waals surface area contributed by atoms with E-state index in [1.54, 1.807) is 0 Å². The number of hydrogen-bond donors (Lipinski definition) is 2. The minimum absolute atomic E-state index is 0.0167. The molecule has 3 aliphatic heterocycles. The van der Waals surface area contributed by atoms with Gasteiger partial charge in [-0.25, -0.2) is 4.79 Å². The van der Waals surface area contributed by atoms with Gasteiger partial charge in [-0.3, -0.25) is 4.79 Å². The molecular formula is C12H20N4O2. The summed E-state index contributed by atoms with van der Waals surface area (Å²) in [5.74, 6) is 0.784. The minimum Gasteiger partial charge on any atom is -0.338 e. The lowest BCUT2D eigenvalue weighted by Crippen LogP contribution is -2.55. The Morgan fingerprint density at radius 3 is 2.83 bits per heavy atom. The Balaban J connectivity index is 1.64. The number of fused-ring (bicyclic) bond motifs is 1. The molecule has 3 aliphatic rings. The quantitative estimate of drug-likeness (QED) is 0.634. The van der Waals surface area contributed by atoms with Crippen LogP contribution in [0.2, 0.25) is 0 Å². The smallest absolute Gasteiger partial charge is 0.317 e. The predicted octanol–water partition coefficient (Wildman–Crippen LogP) is -0.922. The van der Waals surface area contributed by atoms with Crippen LogP contribution in [-0.2, 0) is 4.79 Å². The number of amides is 3. The summed E-state index contributed by atoms with van der Waals surface area (Å²) in [5.41, 5.74) is 0. The van der Waals surface area contributed by atoms with Crippen LogP contribution in [0.5, 0.6) is 0 Å². The Hall–Kier alpha value is -1.30. The van der Waals surface area contributed by atoms with E-state index in [0.717, 1.165) is 13.1 Å². The zero-order valence-corrected chi connectivity index (χ0v) is 10.7. The lowest BCUT2D eigenvalue weighted by Gasteiger charge is -2.38. The third-order valence-electron chi connectivity index (χ3n) is 4.38. The second kappa shape index (κ2) is 4.42. The van der Waals surface area contributed by atoms with Crippen molar-refractivity contribution in [2.45, 2.75) is 13.0 Å². The number of piperazine rings is 1. The monoisotopic (exact) mass is 252 g/mol. The summed E-state index contributed by atoms with van der Waals surface area (Å²) >= 11 is 0. The molecule has 0 radical (unpaired) electrons. The number of carbonyl (C=O) groups excluding carboxylic acids is 2. The summed E-state index contributed by atoms with van der Waals surface area (Å²) < 4.78 is 0. The molecule has 0 bridgehead atoms. The zero-order valence-electron chi connectivity index (χ0n) is 10.7. The summed E-state index contributed by atoms with van der Waals surface area (Å²) in [6, 6.07) is 0.183. The lowest BCUT2D eigenvalue weighted by molar-refractivity contribution is -0.138. The molecule has 0 aliphatic carbocycles. The first-order valence-electron chi connectivity index (χ1n) is 6.71. The SMILES string of the molecule is CC1CNCC1C(=O)N1CCN2C(=O)NCC2C1. The summed E-state index contributed by atoms with van der Waals surface area (Å²) in [6.07, 6.45) is 0. The summed E-state index contributed by atoms with van der Waals surface area (Å²) in [7, 11) is 0. The van der Waals surface area contributed by atoms with E-state index in [-0.39, 0.29) is 23.9 Å². The minimum atomic E-state index is 0.0167. The van der Waals surface area contributed by atoms with Gasteiger partial charge in [-0.2, -0.15) is 0 Å². The second-order valence-electron chi connectivity index (χ2n) is 5.56. The van der Waals surface area contributed by atoms with Gasteiger partial charge in [-0.05, 0) is 12.5 Å². The molecular weight excluding hydrogens is 232 g/mol. The molecule has 0 aromatic carbocycles. The molecule has 0 aromatic heterocycles. The molecule has 3 heterocycles. The molecule has 100 valence electrons. The Kier molecular flexibility index (Phi) is 2.89. The van der Waals surface area contributed by atoms with Crippen molar-refractivity contribution in [2.24, 2.45) is 11.8 Å². The van der Waals surface area contributed by atoms with Crippen molar-refractivity contribution in [1.29, 1.82) is 0 Å². The molecule has 3 amide bonds. The van der Waals surface area contributed by atoms with Crippen LogP contribution in [0.3, 0.4) is 0 Å². The standard InChI is InChI=1S/C12H20N4O2/c1-8-4-13-6-10(8)11(17)15-2-3-16-9(7-15)5-14-12(16)18/h8-10,13H,2-7H2,1H3,(H,14,18). The molecule has 2 N–H and O–H groups in total. The normalized spacial score (nSPS) is 35.6. The molecule has 0 spiro atoms. The van der Waals surface area contributed by atoms with Crippen LogP contribution in [0, 0.1) is 11.8 Å². The van der Waals surface area contributed by atoms with E-state index in [9.17, 15) is 9.59 Å². The fourth-order valence-corrected chi connectivity index (χ4v) is 3.18. The van der Waals surface area contributed by atoms with Crippen molar-refractivity contribution in [1.82, 2.24) is 20.4 Å². The van der Waals surface area contributed by atoms with Gasteiger partial charge in [0.05, 0.1) is 12.0 Å². The van der Waals surface area contributed by atoms with Crippen LogP contribution in [0.25, 0.3) is 0 Å². The highest BCUT2D eigenvalue weighted by atomic mass is 16.2. The maximum absolute atomic E-state index is 12.4. The van der Waals surface area contributed by atoms with Gasteiger partial charge in [0, 0.05) is 32.7 Å². The first-order valence-corrected chi connectivity index (χ1v) is 6.71. The van der Waals surface area contributed by atoms with E-state index in [0.29, 0.717) is 32.1 Å². The fraction of sp³-hybridized carbons (Fsp3) is 0.833. The van der Waals surface area contributed by atoms with E-state index >= 15 is 0 Å². The predicted molar refractivity (Wildman–Crippen MR) is 66.0 cm³/mol. The van der Waals surface area contributed by atoms with Crippen molar-refractivity contribution in [3.63, 3.8) is 0 Å². The number of urea groups is 1. The molecule has 3 unspecified atom stereocenters. The third-order valence-corrected chi connectivity index (χ3v) is 4.38. The molecule has 3 fully saturated rings. The van der Waals surface area contributed by atoms with Crippen LogP contribution in [-0.4, -0.2) is 67.0 Å². The van der Waals surface area contributed by atoms with Crippen molar-refractivity contribution in [2.75, 3.05) is 39.3 Å². The molecule has 6 heteroatoms. The molecule has 18 heavy (non-hydrogen) atoms. The number of carbonyl (C=O) groups is 2. The maximum atomic E-state index is 12.4. The first kappa shape index (κ1) is 11.8. The van der Waals surface area contributed by atoms with Crippen LogP contribution >= 0.6 is 0 Å². The Labute approximate surface area is 107 Å². The van der Waals surface area contributed by atoms with Crippen LogP contribution in [0.4, 0.5) is 4.79 Å². The first-order chi connectivity index (χ1) is 8.66. The highest BCUT2D eigenvalue weighted by Gasteiger charge is 2.40. The van der Waals surface area contributed by atoms with E-state index in [2.05, 4.69) is 17.6 Å². The van der Waals surface area contributed by atoms with Gasteiger partial charge in [0.1, 0.15) is 0 Å². The van der Waals surface area contributed by atoms with Crippen molar-refractivity contribution in [3.05, 3.63) is 0 Å². The Morgan fingerprint density at radius 2 is 2.11 bits per heavy atom. The van der Waals surface area contributed by atoms with E-state index in [1.165, 1.54) is 0 Å². The topological polar surface area (TPSA) is 64.7 Å². The highest BCUT2D eigenvalue weighted by Crippen LogP contribution is 2.21. The van der Waals surface area contributed by atoms with Gasteiger partial charge in [-0.1, -0.05) is 6.92 Å². The van der Waals surface area contributed by atoms with Crippen LogP contribution in [0.15, 0.2) is 0 Å². The summed E-state index contributed by atoms with van der Waals surface area (Å²) in [5, 5.41) is 6.11. The zero-order chi connectivity index (χ0) is 12.7. The summed E-state index contributed by atoms with van der Waals surface area (Å²) in [6.45, 7) is 6.53. The van der Waals surface area contributed by atoms with Gasteiger partial charge in [0.25, 0.3) is 0 Å². The van der Waals surface area contributed by atoms with Crippen molar-refractivity contribution >= 4 is 11.9 Å². The average molecular weight is 252 g/mol. The lowest BCUT2D eigenvalue weighted by atomic mass is 9.96. The number of hydrogen-bond acceptors (Lipinski definition) is 3. The van der Waals surface area contributed by atoms with Crippen molar-refractivity contribution < 1.29 is 9.59 Å². The van der Waals surface area contributed by atoms with Crippen LogP contribution < -0.4 is 10.6 Å². The molecule has 3 saturated heterocycles. The molecule has 3 rings (SSSR count). The number of nitrogens with zero attached hydrogens (tertiary/aromatic N) is 2. The van der Waals surface area contributed by atoms with Gasteiger partial charge < -0.3 is 20.4 Å². The van der Waals surface area contributed by atoms with E-state index in [1.807, 2.05) is 9.80 Å². The maximum Gasteiger partial charge on any atom is 0.317 e. The van der Waals surface area contributed by atoms with Gasteiger partial charge in [0.2, 0.25) is 5.91 Å². The van der Waals surface area contributed by atoms with Gasteiger partial charge >= 0.3 is 6.03 Å². The van der Waals surface area contributed by atoms with Gasteiger partial charge in [-0.15, -0.1) is 0 Å². The number of nitrogens with one attached hydrogen (secondary N) is 2.